The molecule has 0 spiro atoms. The largest absolute Gasteiger partial charge is 0.497 e. The van der Waals surface area contributed by atoms with Crippen molar-refractivity contribution < 1.29 is 17.9 Å². The zero-order chi connectivity index (χ0) is 103. The molecule has 0 aliphatic carbocycles. The van der Waals surface area contributed by atoms with E-state index < -0.39 is 10.0 Å². The molecule has 0 amide bonds. The number of nitrogens with zero attached hydrogens (tertiary/aromatic N) is 13. The van der Waals surface area contributed by atoms with Crippen LogP contribution in [0.2, 0.25) is 0 Å². The van der Waals surface area contributed by atoms with Gasteiger partial charge in [0.05, 0.1) is 131 Å². The SMILES string of the molecule is COc1ccc(Cn2sc3ccccc3c2=O)cc1.COc1ccc(Cn2sc3ncccc3c2=O)cc1.Cc1ccc(Cn2sc3ccccc3c2=O)cc1.Cc1ccc(Cn2sc3ncccc3c2=O)cc1.O=c1c2ccccc2sn1-c1ccc(S(=O)(=O)N2CCCCC2)cc1.O=c1c2ccccc2sn1-c1ccccn1.O=c1c2ccccc2sn1Cc1ccccc1.O=c1c2cccnc2sn1Cc1ccccc1. The molecule has 0 unspecified atom stereocenters. The second-order valence-corrected chi connectivity index (χ2v) is 44.4. The molecule has 12 aromatic heterocycles. The first kappa shape index (κ1) is 103. The zero-order valence-corrected chi connectivity index (χ0v) is 88.4. The van der Waals surface area contributed by atoms with Crippen molar-refractivity contribution in [1.82, 2.24) is 55.9 Å². The lowest BCUT2D eigenvalue weighted by molar-refractivity contribution is 0.346. The molecule has 25 rings (SSSR count). The van der Waals surface area contributed by atoms with Gasteiger partial charge in [0, 0.05) is 37.9 Å². The fourth-order valence-corrected chi connectivity index (χ4v) is 25.6. The van der Waals surface area contributed by atoms with Gasteiger partial charge < -0.3 is 9.47 Å². The number of fused-ring (bicyclic) bond motifs is 8. The molecular formula is C115H97N13O12S9. The topological polar surface area (TPSA) is 283 Å². The highest BCUT2D eigenvalue weighted by molar-refractivity contribution is 7.89. The molecule has 1 fully saturated rings. The molecular weight excluding hydrogens is 2040 g/mol. The number of aryl methyl sites for hydroxylation is 2. The quantitative estimate of drug-likeness (QED) is 0.0771. The van der Waals surface area contributed by atoms with E-state index in [0.717, 1.165) is 124 Å². The molecule has 34 heteroatoms. The second kappa shape index (κ2) is 48.7. The summed E-state index contributed by atoms with van der Waals surface area (Å²) in [5.74, 6) is 2.32. The summed E-state index contributed by atoms with van der Waals surface area (Å²) in [4.78, 5) is 117. The van der Waals surface area contributed by atoms with Crippen molar-refractivity contribution in [1.29, 1.82) is 0 Å². The average Bonchev–Trinajstić information content (AvgIpc) is 1.55. The number of methoxy groups -OCH3 is 2. The third-order valence-electron chi connectivity index (χ3n) is 24.0. The molecule has 0 bridgehead atoms. The van der Waals surface area contributed by atoms with Crippen molar-refractivity contribution in [3.8, 4) is 23.0 Å². The van der Waals surface area contributed by atoms with Crippen molar-refractivity contribution >= 4 is 183 Å². The number of sulfonamides is 1. The minimum atomic E-state index is -3.45. The maximum Gasteiger partial charge on any atom is 0.274 e. The van der Waals surface area contributed by atoms with Gasteiger partial charge in [-0.3, -0.25) is 62.1 Å². The fraction of sp³-hybridized carbons (Fsp3) is 0.130. The Morgan fingerprint density at radius 1 is 0.255 bits per heavy atom. The number of ether oxygens (including phenoxy) is 2. The lowest BCUT2D eigenvalue weighted by Gasteiger charge is -2.25. The summed E-state index contributed by atoms with van der Waals surface area (Å²) in [5, 5.41) is 5.93. The van der Waals surface area contributed by atoms with Crippen molar-refractivity contribution in [3.63, 3.8) is 0 Å². The van der Waals surface area contributed by atoms with Gasteiger partial charge in [0.2, 0.25) is 10.0 Å². The van der Waals surface area contributed by atoms with Gasteiger partial charge in [0.15, 0.2) is 0 Å². The summed E-state index contributed by atoms with van der Waals surface area (Å²) >= 11 is 11.6. The van der Waals surface area contributed by atoms with E-state index in [-0.39, 0.29) is 49.4 Å². The molecule has 24 aromatic rings. The van der Waals surface area contributed by atoms with Crippen LogP contribution in [0.25, 0.3) is 92.6 Å². The number of pyridine rings is 4. The van der Waals surface area contributed by atoms with Crippen LogP contribution in [0.15, 0.2) is 426 Å². The van der Waals surface area contributed by atoms with E-state index >= 15 is 0 Å². The summed E-state index contributed by atoms with van der Waals surface area (Å²) in [6.45, 7) is 8.97. The monoisotopic (exact) mass is 2140 g/mol. The van der Waals surface area contributed by atoms with E-state index in [0.29, 0.717) is 85.4 Å². The van der Waals surface area contributed by atoms with E-state index in [1.165, 1.54) is 103 Å². The fourth-order valence-electron chi connectivity index (χ4n) is 16.2. The predicted octanol–water partition coefficient (Wildman–Crippen LogP) is 23.2. The van der Waals surface area contributed by atoms with Crippen LogP contribution in [0.3, 0.4) is 0 Å². The first-order valence-corrected chi connectivity index (χ1v) is 55.1. The Balaban J connectivity index is 0.000000112. The van der Waals surface area contributed by atoms with Crippen molar-refractivity contribution in [3.05, 3.63) is 510 Å². The van der Waals surface area contributed by atoms with Crippen LogP contribution >= 0.6 is 92.3 Å². The van der Waals surface area contributed by atoms with Crippen LogP contribution in [0.4, 0.5) is 0 Å². The minimum absolute atomic E-state index is 0.000648. The molecule has 13 heterocycles. The van der Waals surface area contributed by atoms with Crippen LogP contribution in [-0.2, 0) is 49.3 Å². The van der Waals surface area contributed by atoms with Crippen LogP contribution in [0, 0.1) is 13.8 Å². The van der Waals surface area contributed by atoms with Gasteiger partial charge in [-0.1, -0.05) is 264 Å². The highest BCUT2D eigenvalue weighted by Gasteiger charge is 2.27. The highest BCUT2D eigenvalue weighted by atomic mass is 32.2. The van der Waals surface area contributed by atoms with Gasteiger partial charge in [0.1, 0.15) is 31.8 Å². The first-order chi connectivity index (χ1) is 72.6. The van der Waals surface area contributed by atoms with Crippen LogP contribution in [0.5, 0.6) is 11.5 Å². The van der Waals surface area contributed by atoms with Gasteiger partial charge in [-0.15, -0.1) is 0 Å². The van der Waals surface area contributed by atoms with Crippen molar-refractivity contribution in [2.45, 2.75) is 77.3 Å². The van der Waals surface area contributed by atoms with E-state index in [2.05, 4.69) is 82.3 Å². The normalized spacial score (nSPS) is 11.8. The molecule has 748 valence electrons. The Morgan fingerprint density at radius 2 is 0.530 bits per heavy atom. The van der Waals surface area contributed by atoms with E-state index in [1.807, 2.05) is 265 Å². The summed E-state index contributed by atoms with van der Waals surface area (Å²) in [6, 6.07) is 113. The molecule has 1 aliphatic heterocycles. The van der Waals surface area contributed by atoms with E-state index in [1.54, 1.807) is 120 Å². The summed E-state index contributed by atoms with van der Waals surface area (Å²) in [7, 11) is -0.166. The summed E-state index contributed by atoms with van der Waals surface area (Å²) in [5.41, 5.74) is 10.2. The molecule has 149 heavy (non-hydrogen) atoms. The average molecular weight is 2140 g/mol. The number of piperidine rings is 1. The van der Waals surface area contributed by atoms with Gasteiger partial charge in [-0.2, -0.15) is 4.31 Å². The van der Waals surface area contributed by atoms with Crippen LogP contribution < -0.4 is 53.9 Å². The third-order valence-corrected chi connectivity index (χ3v) is 34.4. The molecule has 0 atom stereocenters. The molecule has 1 saturated heterocycles. The van der Waals surface area contributed by atoms with Crippen molar-refractivity contribution in [2.75, 3.05) is 27.3 Å². The number of hydrogen-bond donors (Lipinski definition) is 0. The smallest absolute Gasteiger partial charge is 0.274 e. The standard InChI is InChI=1S/C18H18N2O3S2.C15H13NO2S.C15H13NOS.C14H12N2O2S.C14H12N2OS.C14H11NOS.C13H10N2OS.C12H8N2OS/c21-18-16-6-2-3-7-17(16)24-20(18)14-8-10-15(11-9-14)25(22,23)19-12-4-1-5-13-19;1-18-12-8-6-11(7-9-12)10-16-15(17)13-4-2-3-5-14(13)19-16;1-11-6-8-12(9-7-11)10-16-15(17)13-4-2-3-5-14(13)18-16;1-18-11-6-4-10(5-7-11)9-16-14(17)12-3-2-8-15-13(12)19-16;1-10-4-6-11(7-5-10)9-16-14(17)12-3-2-8-15-13(12)18-16;16-14-12-8-4-5-9-13(12)17-15(14)10-11-6-2-1-3-7-11;16-13-11-7-4-8-14-12(11)17-15(13)9-10-5-2-1-3-6-10;15-12-9-5-1-2-6-10(9)16-14(12)11-7-3-4-8-13-11/h2-3,6-11H,1,4-5,12-13H2;2-9H,10H2,1H3;2-9H,10H2,1H3;2-8H,9H2,1H3;2-8H,9H2,1H3;1-9H,10H2;1-8H,9H2;1-8H. The number of rotatable bonds is 18. The number of aromatic nitrogens is 12. The van der Waals surface area contributed by atoms with Gasteiger partial charge in [-0.25, -0.2) is 36.3 Å². The van der Waals surface area contributed by atoms with E-state index in [4.69, 9.17) is 9.47 Å². The van der Waals surface area contributed by atoms with Gasteiger partial charge >= 0.3 is 0 Å². The Kier molecular flexibility index (Phi) is 33.8. The van der Waals surface area contributed by atoms with Crippen molar-refractivity contribution in [2.24, 2.45) is 0 Å². The van der Waals surface area contributed by atoms with Gasteiger partial charge in [-0.05, 0) is 264 Å². The zero-order valence-electron chi connectivity index (χ0n) is 81.0. The number of benzene rings is 12. The van der Waals surface area contributed by atoms with Gasteiger partial charge in [0.25, 0.3) is 44.5 Å². The molecule has 25 nitrogen and oxygen atoms in total. The van der Waals surface area contributed by atoms with E-state index in [9.17, 15) is 46.8 Å². The maximum absolute atomic E-state index is 12.7. The van der Waals surface area contributed by atoms with Crippen LogP contribution in [-0.4, -0.2) is 91.6 Å². The lowest BCUT2D eigenvalue weighted by Crippen LogP contribution is -2.35. The predicted molar refractivity (Wildman–Crippen MR) is 611 cm³/mol. The second-order valence-electron chi connectivity index (χ2n) is 34.3. The molecule has 0 radical (unpaired) electrons. The Morgan fingerprint density at radius 3 is 0.852 bits per heavy atom. The lowest BCUT2D eigenvalue weighted by atomic mass is 10.1. The number of hydrogen-bond acceptors (Lipinski definition) is 24. The maximum atomic E-state index is 12.7. The first-order valence-electron chi connectivity index (χ1n) is 47.5. The molecule has 1 aliphatic rings. The Bertz CT molecular complexity index is 8980. The van der Waals surface area contributed by atoms with Crippen LogP contribution in [0.1, 0.15) is 63.8 Å². The Labute approximate surface area is 887 Å². The minimum Gasteiger partial charge on any atom is -0.497 e. The Hall–Kier alpha value is -15.7. The third kappa shape index (κ3) is 25.2. The molecule has 12 aromatic carbocycles. The molecule has 0 N–H and O–H groups in total. The summed E-state index contributed by atoms with van der Waals surface area (Å²) in [6.07, 6.45) is 9.73. The summed E-state index contributed by atoms with van der Waals surface area (Å²) < 4.78 is 56.1. The highest BCUT2D eigenvalue weighted by Crippen LogP contribution is 2.29. The molecule has 0 saturated carbocycles.